The molecule has 2 rings (SSSR count). The van der Waals surface area contributed by atoms with Gasteiger partial charge in [-0.25, -0.2) is 4.99 Å². The third kappa shape index (κ3) is 8.50. The molecule has 0 radical (unpaired) electrons. The lowest BCUT2D eigenvalue weighted by Gasteiger charge is -2.34. The predicted molar refractivity (Wildman–Crippen MR) is 130 cm³/mol. The number of piperidine rings is 1. The number of nitrogens with one attached hydrogen (secondary N) is 1. The normalized spacial score (nSPS) is 17.1. The van der Waals surface area contributed by atoms with E-state index >= 15 is 0 Å². The molecule has 0 aliphatic carbocycles. The first-order valence-electron chi connectivity index (χ1n) is 10.5. The Bertz CT molecular complexity index is 653. The molecule has 0 spiro atoms. The van der Waals surface area contributed by atoms with Crippen molar-refractivity contribution < 1.29 is 9.53 Å². The van der Waals surface area contributed by atoms with E-state index in [2.05, 4.69) is 60.3 Å². The fourth-order valence-electron chi connectivity index (χ4n) is 3.46. The van der Waals surface area contributed by atoms with Crippen molar-refractivity contribution in [3.63, 3.8) is 0 Å². The van der Waals surface area contributed by atoms with E-state index in [1.165, 1.54) is 11.1 Å². The number of esters is 1. The zero-order chi connectivity index (χ0) is 20.4. The van der Waals surface area contributed by atoms with Gasteiger partial charge in [0.15, 0.2) is 5.96 Å². The fourth-order valence-corrected chi connectivity index (χ4v) is 3.46. The molecule has 1 aromatic rings. The number of carbonyl (C=O) groups is 1. The summed E-state index contributed by atoms with van der Waals surface area (Å²) in [7, 11) is 2.13. The standard InChI is InChI=1S/C22H36N4O2.HI/c1-5-23-22(26-13-9-12-20(17-26)21(27)28-7-3)24-15-18-10-8-11-19(14-18)16-25(4)6-2;/h8,10-11,14,20H,5-7,9,12-13,15-17H2,1-4H3,(H,23,24);1H. The van der Waals surface area contributed by atoms with Crippen molar-refractivity contribution in [1.29, 1.82) is 0 Å². The summed E-state index contributed by atoms with van der Waals surface area (Å²) in [4.78, 5) is 21.5. The Morgan fingerprint density at radius 2 is 2.07 bits per heavy atom. The van der Waals surface area contributed by atoms with Crippen LogP contribution in [0.1, 0.15) is 44.7 Å². The highest BCUT2D eigenvalue weighted by Gasteiger charge is 2.28. The van der Waals surface area contributed by atoms with Crippen LogP contribution in [0.3, 0.4) is 0 Å². The van der Waals surface area contributed by atoms with Gasteiger partial charge in [-0.3, -0.25) is 4.79 Å². The first-order valence-corrected chi connectivity index (χ1v) is 10.5. The predicted octanol–water partition coefficient (Wildman–Crippen LogP) is 3.50. The maximum Gasteiger partial charge on any atom is 0.310 e. The van der Waals surface area contributed by atoms with Crippen molar-refractivity contribution in [2.24, 2.45) is 10.9 Å². The molecule has 1 aliphatic rings. The second-order valence-corrected chi connectivity index (χ2v) is 7.36. The van der Waals surface area contributed by atoms with E-state index in [1.54, 1.807) is 0 Å². The van der Waals surface area contributed by atoms with Crippen LogP contribution < -0.4 is 5.32 Å². The van der Waals surface area contributed by atoms with Crippen LogP contribution in [-0.2, 0) is 22.6 Å². The van der Waals surface area contributed by atoms with Crippen LogP contribution in [0.2, 0.25) is 0 Å². The van der Waals surface area contributed by atoms with Gasteiger partial charge in [0, 0.05) is 26.2 Å². The van der Waals surface area contributed by atoms with Crippen molar-refractivity contribution in [2.75, 3.05) is 39.8 Å². The zero-order valence-corrected chi connectivity index (χ0v) is 20.6. The molecule has 1 aliphatic heterocycles. The highest BCUT2D eigenvalue weighted by Crippen LogP contribution is 2.18. The number of ether oxygens (including phenoxy) is 1. The van der Waals surface area contributed by atoms with Crippen molar-refractivity contribution in [1.82, 2.24) is 15.1 Å². The Balaban J connectivity index is 0.00000420. The largest absolute Gasteiger partial charge is 0.466 e. The molecule has 1 aromatic carbocycles. The first kappa shape index (κ1) is 25.7. The number of nitrogens with zero attached hydrogens (tertiary/aromatic N) is 3. The highest BCUT2D eigenvalue weighted by atomic mass is 127. The van der Waals surface area contributed by atoms with E-state index in [0.29, 0.717) is 19.7 Å². The molecule has 1 saturated heterocycles. The Morgan fingerprint density at radius 3 is 2.76 bits per heavy atom. The third-order valence-electron chi connectivity index (χ3n) is 5.07. The summed E-state index contributed by atoms with van der Waals surface area (Å²) in [5, 5.41) is 3.39. The topological polar surface area (TPSA) is 57.2 Å². The molecule has 1 unspecified atom stereocenters. The van der Waals surface area contributed by atoms with Gasteiger partial charge in [0.2, 0.25) is 0 Å². The zero-order valence-electron chi connectivity index (χ0n) is 18.3. The lowest BCUT2D eigenvalue weighted by Crippen LogP contribution is -2.48. The Morgan fingerprint density at radius 1 is 1.31 bits per heavy atom. The maximum absolute atomic E-state index is 12.1. The van der Waals surface area contributed by atoms with Gasteiger partial charge in [-0.15, -0.1) is 24.0 Å². The first-order chi connectivity index (χ1) is 13.6. The summed E-state index contributed by atoms with van der Waals surface area (Å²) in [6.45, 7) is 11.5. The number of carbonyl (C=O) groups excluding carboxylic acids is 1. The van der Waals surface area contributed by atoms with Crippen LogP contribution in [-0.4, -0.2) is 61.6 Å². The number of halogens is 1. The number of likely N-dealkylation sites (tertiary alicyclic amines) is 1. The number of aliphatic imine (C=N–C) groups is 1. The van der Waals surface area contributed by atoms with E-state index in [0.717, 1.165) is 45.0 Å². The molecule has 0 saturated carbocycles. The quantitative estimate of drug-likeness (QED) is 0.248. The number of benzene rings is 1. The van der Waals surface area contributed by atoms with E-state index in [9.17, 15) is 4.79 Å². The molecule has 1 fully saturated rings. The molecule has 164 valence electrons. The molecule has 6 nitrogen and oxygen atoms in total. The van der Waals surface area contributed by atoms with E-state index < -0.39 is 0 Å². The maximum atomic E-state index is 12.1. The smallest absolute Gasteiger partial charge is 0.310 e. The summed E-state index contributed by atoms with van der Waals surface area (Å²) >= 11 is 0. The van der Waals surface area contributed by atoms with Gasteiger partial charge in [-0.05, 0) is 51.4 Å². The average molecular weight is 516 g/mol. The number of hydrogen-bond acceptors (Lipinski definition) is 4. The summed E-state index contributed by atoms with van der Waals surface area (Å²) < 4.78 is 5.22. The molecular formula is C22H37IN4O2. The Kier molecular flexibility index (Phi) is 12.2. The van der Waals surface area contributed by atoms with Crippen LogP contribution in [0.4, 0.5) is 0 Å². The molecule has 0 amide bonds. The molecule has 0 bridgehead atoms. The van der Waals surface area contributed by atoms with Gasteiger partial charge in [0.1, 0.15) is 0 Å². The summed E-state index contributed by atoms with van der Waals surface area (Å²) in [5.74, 6) is 0.730. The summed E-state index contributed by atoms with van der Waals surface area (Å²) in [6.07, 6.45) is 1.87. The number of rotatable bonds is 8. The summed E-state index contributed by atoms with van der Waals surface area (Å²) in [6, 6.07) is 8.63. The van der Waals surface area contributed by atoms with Crippen LogP contribution in [0.5, 0.6) is 0 Å². The Hall–Kier alpha value is -1.35. The van der Waals surface area contributed by atoms with Crippen molar-refractivity contribution in [2.45, 2.75) is 46.7 Å². The second kappa shape index (κ2) is 13.8. The average Bonchev–Trinajstić information content (AvgIpc) is 2.71. The minimum atomic E-state index is -0.0872. The molecule has 1 atom stereocenters. The molecule has 0 aromatic heterocycles. The Labute approximate surface area is 193 Å². The lowest BCUT2D eigenvalue weighted by atomic mass is 9.98. The minimum absolute atomic E-state index is 0. The van der Waals surface area contributed by atoms with Gasteiger partial charge in [0.05, 0.1) is 19.1 Å². The van der Waals surface area contributed by atoms with Crippen LogP contribution >= 0.6 is 24.0 Å². The van der Waals surface area contributed by atoms with Crippen molar-refractivity contribution >= 4 is 35.9 Å². The fraction of sp³-hybridized carbons (Fsp3) is 0.636. The van der Waals surface area contributed by atoms with E-state index in [4.69, 9.17) is 9.73 Å². The van der Waals surface area contributed by atoms with Crippen LogP contribution in [0.25, 0.3) is 0 Å². The van der Waals surface area contributed by atoms with Gasteiger partial charge in [-0.1, -0.05) is 31.2 Å². The van der Waals surface area contributed by atoms with Crippen LogP contribution in [0, 0.1) is 5.92 Å². The summed E-state index contributed by atoms with van der Waals surface area (Å²) in [5.41, 5.74) is 2.51. The molecule has 7 heteroatoms. The lowest BCUT2D eigenvalue weighted by molar-refractivity contribution is -0.149. The van der Waals surface area contributed by atoms with E-state index in [-0.39, 0.29) is 35.9 Å². The monoisotopic (exact) mass is 516 g/mol. The molecular weight excluding hydrogens is 479 g/mol. The second-order valence-electron chi connectivity index (χ2n) is 7.36. The van der Waals surface area contributed by atoms with E-state index in [1.807, 2.05) is 6.92 Å². The van der Waals surface area contributed by atoms with Gasteiger partial charge < -0.3 is 19.9 Å². The molecule has 1 heterocycles. The molecule has 1 N–H and O–H groups in total. The van der Waals surface area contributed by atoms with Gasteiger partial charge >= 0.3 is 5.97 Å². The van der Waals surface area contributed by atoms with Gasteiger partial charge in [-0.2, -0.15) is 0 Å². The highest BCUT2D eigenvalue weighted by molar-refractivity contribution is 14.0. The molecule has 29 heavy (non-hydrogen) atoms. The SMILES string of the molecule is CCNC(=NCc1cccc(CN(C)CC)c1)N1CCCC(C(=O)OCC)C1.I. The number of guanidine groups is 1. The van der Waals surface area contributed by atoms with Gasteiger partial charge in [0.25, 0.3) is 0 Å². The van der Waals surface area contributed by atoms with Crippen LogP contribution in [0.15, 0.2) is 29.3 Å². The van der Waals surface area contributed by atoms with Crippen molar-refractivity contribution in [3.05, 3.63) is 35.4 Å². The third-order valence-corrected chi connectivity index (χ3v) is 5.07. The van der Waals surface area contributed by atoms with Crippen molar-refractivity contribution in [3.8, 4) is 0 Å². The minimum Gasteiger partial charge on any atom is -0.466 e. The number of hydrogen-bond donors (Lipinski definition) is 1.